The van der Waals surface area contributed by atoms with E-state index in [0.717, 1.165) is 30.6 Å². The average Bonchev–Trinajstić information content (AvgIpc) is 2.50. The molecule has 1 aliphatic rings. The van der Waals surface area contributed by atoms with Crippen LogP contribution in [0.2, 0.25) is 0 Å². The van der Waals surface area contributed by atoms with Gasteiger partial charge in [0.15, 0.2) is 6.10 Å². The topological polar surface area (TPSA) is 38.3 Å². The Morgan fingerprint density at radius 3 is 2.50 bits per heavy atom. The summed E-state index contributed by atoms with van der Waals surface area (Å²) >= 11 is 0. The van der Waals surface area contributed by atoms with Crippen LogP contribution in [0.4, 0.5) is 0 Å². The molecule has 0 heterocycles. The molecule has 3 nitrogen and oxygen atoms in total. The molecule has 0 bridgehead atoms. The number of rotatable bonds is 5. The summed E-state index contributed by atoms with van der Waals surface area (Å²) in [5.74, 6) is 0.835. The molecule has 1 aromatic rings. The van der Waals surface area contributed by atoms with E-state index >= 15 is 0 Å². The third kappa shape index (κ3) is 5.04. The predicted octanol–water partition coefficient (Wildman–Crippen LogP) is 4.25. The second kappa shape index (κ2) is 8.82. The van der Waals surface area contributed by atoms with Gasteiger partial charge in [0.2, 0.25) is 0 Å². The number of carbonyl (C=O) groups excluding carboxylic acids is 1. The lowest BCUT2D eigenvalue weighted by atomic mass is 9.96. The van der Waals surface area contributed by atoms with Crippen LogP contribution in [0.15, 0.2) is 24.3 Å². The average molecular weight is 303 g/mol. The molecule has 0 saturated heterocycles. The van der Waals surface area contributed by atoms with Crippen molar-refractivity contribution in [3.8, 4) is 5.75 Å². The third-order valence-corrected chi connectivity index (χ3v) is 4.48. The van der Waals surface area contributed by atoms with E-state index in [1.165, 1.54) is 32.1 Å². The molecule has 1 amide bonds. The number of ether oxygens (including phenoxy) is 1. The second-order valence-corrected chi connectivity index (χ2v) is 6.27. The first-order valence-electron chi connectivity index (χ1n) is 8.75. The van der Waals surface area contributed by atoms with Gasteiger partial charge in [-0.3, -0.25) is 4.79 Å². The van der Waals surface area contributed by atoms with Crippen molar-refractivity contribution in [3.05, 3.63) is 29.8 Å². The van der Waals surface area contributed by atoms with E-state index in [9.17, 15) is 4.79 Å². The van der Waals surface area contributed by atoms with Gasteiger partial charge in [-0.25, -0.2) is 0 Å². The highest BCUT2D eigenvalue weighted by molar-refractivity contribution is 5.81. The molecule has 1 fully saturated rings. The number of benzene rings is 1. The molecular weight excluding hydrogens is 274 g/mol. The molecule has 1 aromatic carbocycles. The van der Waals surface area contributed by atoms with E-state index in [-0.39, 0.29) is 5.91 Å². The van der Waals surface area contributed by atoms with E-state index in [1.807, 2.05) is 25.1 Å². The first kappa shape index (κ1) is 16.9. The summed E-state index contributed by atoms with van der Waals surface area (Å²) in [6.07, 6.45) is 9.04. The molecule has 0 aromatic heterocycles. The molecular formula is C19H29NO2. The summed E-state index contributed by atoms with van der Waals surface area (Å²) in [7, 11) is 0. The molecule has 2 rings (SSSR count). The number of amides is 1. The highest BCUT2D eigenvalue weighted by Gasteiger charge is 2.20. The van der Waals surface area contributed by atoms with Crippen molar-refractivity contribution in [1.82, 2.24) is 5.32 Å². The van der Waals surface area contributed by atoms with E-state index in [4.69, 9.17) is 4.74 Å². The number of hydrogen-bond donors (Lipinski definition) is 1. The van der Waals surface area contributed by atoms with Gasteiger partial charge in [-0.2, -0.15) is 0 Å². The SMILES string of the molecule is CCc1ccccc1O[C@@H](C)C(=O)NC1CCCCCCC1. The Bertz CT molecular complexity index is 464. The summed E-state index contributed by atoms with van der Waals surface area (Å²) in [6.45, 7) is 3.94. The predicted molar refractivity (Wildman–Crippen MR) is 90.2 cm³/mol. The molecule has 3 heteroatoms. The van der Waals surface area contributed by atoms with Gasteiger partial charge in [-0.05, 0) is 37.8 Å². The van der Waals surface area contributed by atoms with E-state index < -0.39 is 6.10 Å². The lowest BCUT2D eigenvalue weighted by molar-refractivity contribution is -0.128. The zero-order chi connectivity index (χ0) is 15.8. The van der Waals surface area contributed by atoms with Crippen molar-refractivity contribution >= 4 is 5.91 Å². The zero-order valence-electron chi connectivity index (χ0n) is 13.9. The fraction of sp³-hybridized carbons (Fsp3) is 0.632. The van der Waals surface area contributed by atoms with E-state index in [0.29, 0.717) is 6.04 Å². The van der Waals surface area contributed by atoms with Crippen LogP contribution in [-0.4, -0.2) is 18.1 Å². The Morgan fingerprint density at radius 2 is 1.82 bits per heavy atom. The largest absolute Gasteiger partial charge is 0.481 e. The number of carbonyl (C=O) groups is 1. The van der Waals surface area contributed by atoms with Gasteiger partial charge in [-0.1, -0.05) is 57.2 Å². The van der Waals surface area contributed by atoms with Gasteiger partial charge in [-0.15, -0.1) is 0 Å². The highest BCUT2D eigenvalue weighted by Crippen LogP contribution is 2.20. The van der Waals surface area contributed by atoms with Gasteiger partial charge in [0.1, 0.15) is 5.75 Å². The molecule has 122 valence electrons. The van der Waals surface area contributed by atoms with Crippen LogP contribution >= 0.6 is 0 Å². The maximum absolute atomic E-state index is 12.4. The van der Waals surface area contributed by atoms with Crippen LogP contribution < -0.4 is 10.1 Å². The molecule has 1 saturated carbocycles. The van der Waals surface area contributed by atoms with Crippen molar-refractivity contribution in [2.45, 2.75) is 77.4 Å². The van der Waals surface area contributed by atoms with E-state index in [2.05, 4.69) is 18.3 Å². The monoisotopic (exact) mass is 303 g/mol. The van der Waals surface area contributed by atoms with Crippen LogP contribution in [0.1, 0.15) is 64.4 Å². The normalized spacial score (nSPS) is 18.1. The number of hydrogen-bond acceptors (Lipinski definition) is 2. The van der Waals surface area contributed by atoms with Gasteiger partial charge in [0.05, 0.1) is 0 Å². The minimum atomic E-state index is -0.446. The second-order valence-electron chi connectivity index (χ2n) is 6.27. The molecule has 22 heavy (non-hydrogen) atoms. The summed E-state index contributed by atoms with van der Waals surface area (Å²) in [5.41, 5.74) is 1.15. The van der Waals surface area contributed by atoms with Crippen LogP contribution in [0, 0.1) is 0 Å². The van der Waals surface area contributed by atoms with Gasteiger partial charge in [0.25, 0.3) is 5.91 Å². The summed E-state index contributed by atoms with van der Waals surface area (Å²) in [4.78, 5) is 12.4. The van der Waals surface area contributed by atoms with Gasteiger partial charge < -0.3 is 10.1 Å². The maximum Gasteiger partial charge on any atom is 0.260 e. The van der Waals surface area contributed by atoms with Gasteiger partial charge in [0, 0.05) is 6.04 Å². The van der Waals surface area contributed by atoms with Crippen LogP contribution in [0.25, 0.3) is 0 Å². The first-order valence-corrected chi connectivity index (χ1v) is 8.75. The fourth-order valence-electron chi connectivity index (χ4n) is 3.07. The van der Waals surface area contributed by atoms with Crippen molar-refractivity contribution in [2.24, 2.45) is 0 Å². The minimum Gasteiger partial charge on any atom is -0.481 e. The summed E-state index contributed by atoms with van der Waals surface area (Å²) in [6, 6.07) is 8.27. The lowest BCUT2D eigenvalue weighted by Crippen LogP contribution is -2.42. The number of aryl methyl sites for hydroxylation is 1. The highest BCUT2D eigenvalue weighted by atomic mass is 16.5. The Hall–Kier alpha value is -1.51. The molecule has 1 atom stereocenters. The maximum atomic E-state index is 12.4. The number of para-hydroxylation sites is 1. The fourth-order valence-corrected chi connectivity index (χ4v) is 3.07. The van der Waals surface area contributed by atoms with Crippen molar-refractivity contribution in [1.29, 1.82) is 0 Å². The standard InChI is InChI=1S/C19H29NO2/c1-3-16-11-9-10-14-18(16)22-15(2)19(21)20-17-12-7-5-4-6-8-13-17/h9-11,14-15,17H,3-8,12-13H2,1-2H3,(H,20,21)/t15-/m0/s1. The smallest absolute Gasteiger partial charge is 0.260 e. The van der Waals surface area contributed by atoms with Crippen LogP contribution in [0.5, 0.6) is 5.75 Å². The zero-order valence-corrected chi connectivity index (χ0v) is 13.9. The van der Waals surface area contributed by atoms with Crippen LogP contribution in [-0.2, 0) is 11.2 Å². The Morgan fingerprint density at radius 1 is 1.18 bits per heavy atom. The Labute approximate surface area is 134 Å². The minimum absolute atomic E-state index is 0.0106. The number of nitrogens with one attached hydrogen (secondary N) is 1. The van der Waals surface area contributed by atoms with Crippen molar-refractivity contribution in [3.63, 3.8) is 0 Å². The molecule has 0 unspecified atom stereocenters. The quantitative estimate of drug-likeness (QED) is 0.883. The van der Waals surface area contributed by atoms with E-state index in [1.54, 1.807) is 0 Å². The van der Waals surface area contributed by atoms with Crippen molar-refractivity contribution < 1.29 is 9.53 Å². The lowest BCUT2D eigenvalue weighted by Gasteiger charge is -2.23. The Balaban J connectivity index is 1.88. The third-order valence-electron chi connectivity index (χ3n) is 4.48. The first-order chi connectivity index (χ1) is 10.7. The molecule has 1 aliphatic carbocycles. The van der Waals surface area contributed by atoms with Crippen LogP contribution in [0.3, 0.4) is 0 Å². The molecule has 1 N–H and O–H groups in total. The van der Waals surface area contributed by atoms with Gasteiger partial charge >= 0.3 is 0 Å². The molecule has 0 radical (unpaired) electrons. The van der Waals surface area contributed by atoms with Crippen molar-refractivity contribution in [2.75, 3.05) is 0 Å². The summed E-state index contributed by atoms with van der Waals surface area (Å²) in [5, 5.41) is 3.18. The molecule has 0 spiro atoms. The Kier molecular flexibility index (Phi) is 6.75. The molecule has 0 aliphatic heterocycles. The summed E-state index contributed by atoms with van der Waals surface area (Å²) < 4.78 is 5.88.